The van der Waals surface area contributed by atoms with Gasteiger partial charge in [-0.15, -0.1) is 0 Å². The normalized spacial score (nSPS) is 19.2. The molecule has 0 bridgehead atoms. The fourth-order valence-corrected chi connectivity index (χ4v) is 2.79. The third-order valence-corrected chi connectivity index (χ3v) is 4.00. The van der Waals surface area contributed by atoms with Crippen molar-refractivity contribution in [1.82, 2.24) is 10.2 Å². The van der Waals surface area contributed by atoms with Gasteiger partial charge in [-0.1, -0.05) is 6.92 Å². The minimum Gasteiger partial charge on any atom is -0.385 e. The van der Waals surface area contributed by atoms with Crippen LogP contribution in [0.5, 0.6) is 0 Å². The van der Waals surface area contributed by atoms with E-state index in [0.717, 1.165) is 37.3 Å². The highest BCUT2D eigenvalue weighted by Gasteiger charge is 2.17. The summed E-state index contributed by atoms with van der Waals surface area (Å²) in [6.07, 6.45) is 3.54. The van der Waals surface area contributed by atoms with Gasteiger partial charge in [0.25, 0.3) is 5.91 Å². The first kappa shape index (κ1) is 15.8. The standard InChI is InChI=1S/C17H27N3O/c1-3-10-18-16-8-6-15(7-9-16)17(21)19-12-14-5-4-11-20(2)13-14/h6-9,14,18H,3-5,10-13H2,1-2H3,(H,19,21). The van der Waals surface area contributed by atoms with Crippen molar-refractivity contribution in [3.63, 3.8) is 0 Å². The van der Waals surface area contributed by atoms with Gasteiger partial charge in [0, 0.05) is 30.9 Å². The van der Waals surface area contributed by atoms with Crippen LogP contribution < -0.4 is 10.6 Å². The molecule has 21 heavy (non-hydrogen) atoms. The van der Waals surface area contributed by atoms with E-state index in [4.69, 9.17) is 0 Å². The fraction of sp³-hybridized carbons (Fsp3) is 0.588. The molecule has 2 N–H and O–H groups in total. The van der Waals surface area contributed by atoms with Gasteiger partial charge >= 0.3 is 0 Å². The summed E-state index contributed by atoms with van der Waals surface area (Å²) in [6.45, 7) is 6.13. The quantitative estimate of drug-likeness (QED) is 0.846. The first-order chi connectivity index (χ1) is 10.2. The van der Waals surface area contributed by atoms with Crippen LogP contribution in [0, 0.1) is 5.92 Å². The Labute approximate surface area is 127 Å². The molecule has 0 spiro atoms. The van der Waals surface area contributed by atoms with E-state index in [2.05, 4.69) is 29.5 Å². The monoisotopic (exact) mass is 289 g/mol. The van der Waals surface area contributed by atoms with E-state index in [1.165, 1.54) is 19.4 Å². The second-order valence-corrected chi connectivity index (χ2v) is 5.98. The Balaban J connectivity index is 1.79. The minimum absolute atomic E-state index is 0.0327. The van der Waals surface area contributed by atoms with E-state index in [-0.39, 0.29) is 5.91 Å². The second-order valence-electron chi connectivity index (χ2n) is 5.98. The highest BCUT2D eigenvalue weighted by molar-refractivity contribution is 5.94. The Morgan fingerprint density at radius 2 is 2.10 bits per heavy atom. The summed E-state index contributed by atoms with van der Waals surface area (Å²) in [6, 6.07) is 7.72. The first-order valence-electron chi connectivity index (χ1n) is 7.99. The molecule has 1 heterocycles. The summed E-state index contributed by atoms with van der Waals surface area (Å²) >= 11 is 0. The number of amides is 1. The van der Waals surface area contributed by atoms with Crippen molar-refractivity contribution in [2.75, 3.05) is 38.5 Å². The molecular weight excluding hydrogens is 262 g/mol. The average molecular weight is 289 g/mol. The zero-order valence-corrected chi connectivity index (χ0v) is 13.2. The number of rotatable bonds is 6. The third-order valence-electron chi connectivity index (χ3n) is 4.00. The number of piperidine rings is 1. The van der Waals surface area contributed by atoms with Gasteiger partial charge in [-0.2, -0.15) is 0 Å². The van der Waals surface area contributed by atoms with Crippen molar-refractivity contribution in [2.24, 2.45) is 5.92 Å². The summed E-state index contributed by atoms with van der Waals surface area (Å²) in [5, 5.41) is 6.38. The van der Waals surface area contributed by atoms with Gasteiger partial charge < -0.3 is 15.5 Å². The molecule has 1 aromatic carbocycles. The molecule has 116 valence electrons. The number of anilines is 1. The second kappa shape index (κ2) is 8.03. The van der Waals surface area contributed by atoms with Crippen LogP contribution >= 0.6 is 0 Å². The first-order valence-corrected chi connectivity index (χ1v) is 7.99. The Morgan fingerprint density at radius 1 is 1.33 bits per heavy atom. The Hall–Kier alpha value is -1.55. The lowest BCUT2D eigenvalue weighted by Crippen LogP contribution is -2.39. The predicted molar refractivity (Wildman–Crippen MR) is 87.8 cm³/mol. The van der Waals surface area contributed by atoms with Crippen LogP contribution in [0.25, 0.3) is 0 Å². The lowest BCUT2D eigenvalue weighted by atomic mass is 9.98. The van der Waals surface area contributed by atoms with Gasteiger partial charge in [-0.3, -0.25) is 4.79 Å². The van der Waals surface area contributed by atoms with Crippen molar-refractivity contribution < 1.29 is 4.79 Å². The van der Waals surface area contributed by atoms with E-state index in [1.807, 2.05) is 24.3 Å². The summed E-state index contributed by atoms with van der Waals surface area (Å²) in [4.78, 5) is 14.5. The number of carbonyl (C=O) groups excluding carboxylic acids is 1. The Kier molecular flexibility index (Phi) is 6.05. The number of likely N-dealkylation sites (tertiary alicyclic amines) is 1. The third kappa shape index (κ3) is 5.05. The number of carbonyl (C=O) groups is 1. The van der Waals surface area contributed by atoms with Crippen molar-refractivity contribution in [1.29, 1.82) is 0 Å². The highest BCUT2D eigenvalue weighted by atomic mass is 16.1. The smallest absolute Gasteiger partial charge is 0.251 e. The molecule has 4 heteroatoms. The van der Waals surface area contributed by atoms with Gasteiger partial charge in [0.2, 0.25) is 0 Å². The van der Waals surface area contributed by atoms with E-state index < -0.39 is 0 Å². The van der Waals surface area contributed by atoms with Gasteiger partial charge in [0.05, 0.1) is 0 Å². The highest BCUT2D eigenvalue weighted by Crippen LogP contribution is 2.14. The Bertz CT molecular complexity index is 444. The summed E-state index contributed by atoms with van der Waals surface area (Å²) in [5.74, 6) is 0.614. The molecule has 0 aliphatic carbocycles. The predicted octanol–water partition coefficient (Wildman–Crippen LogP) is 2.58. The van der Waals surface area contributed by atoms with Gasteiger partial charge in [0.15, 0.2) is 0 Å². The van der Waals surface area contributed by atoms with Gasteiger partial charge in [-0.05, 0) is 63.0 Å². The summed E-state index contributed by atoms with van der Waals surface area (Å²) < 4.78 is 0. The van der Waals surface area contributed by atoms with E-state index in [0.29, 0.717) is 5.92 Å². The lowest BCUT2D eigenvalue weighted by molar-refractivity contribution is 0.0937. The van der Waals surface area contributed by atoms with Gasteiger partial charge in [-0.25, -0.2) is 0 Å². The molecule has 1 aliphatic heterocycles. The van der Waals surface area contributed by atoms with Crippen LogP contribution in [0.15, 0.2) is 24.3 Å². The van der Waals surface area contributed by atoms with E-state index in [1.54, 1.807) is 0 Å². The maximum atomic E-state index is 12.1. The van der Waals surface area contributed by atoms with Gasteiger partial charge in [0.1, 0.15) is 0 Å². The zero-order chi connectivity index (χ0) is 15.1. The number of nitrogens with one attached hydrogen (secondary N) is 2. The zero-order valence-electron chi connectivity index (χ0n) is 13.2. The van der Waals surface area contributed by atoms with Crippen LogP contribution in [-0.2, 0) is 0 Å². The van der Waals surface area contributed by atoms with E-state index >= 15 is 0 Å². The molecule has 1 saturated heterocycles. The SMILES string of the molecule is CCCNc1ccc(C(=O)NCC2CCCN(C)C2)cc1. The molecule has 2 rings (SSSR count). The number of nitrogens with zero attached hydrogens (tertiary/aromatic N) is 1. The van der Waals surface area contributed by atoms with Crippen LogP contribution in [0.4, 0.5) is 5.69 Å². The molecule has 1 amide bonds. The largest absolute Gasteiger partial charge is 0.385 e. The van der Waals surface area contributed by atoms with Crippen LogP contribution in [0.3, 0.4) is 0 Å². The molecule has 4 nitrogen and oxygen atoms in total. The topological polar surface area (TPSA) is 44.4 Å². The van der Waals surface area contributed by atoms with Crippen molar-refractivity contribution in [3.8, 4) is 0 Å². The molecule has 0 saturated carbocycles. The molecular formula is C17H27N3O. The molecule has 0 radical (unpaired) electrons. The lowest BCUT2D eigenvalue weighted by Gasteiger charge is -2.29. The molecule has 0 aromatic heterocycles. The van der Waals surface area contributed by atoms with E-state index in [9.17, 15) is 4.79 Å². The molecule has 1 unspecified atom stereocenters. The fourth-order valence-electron chi connectivity index (χ4n) is 2.79. The minimum atomic E-state index is 0.0327. The van der Waals surface area contributed by atoms with Crippen LogP contribution in [0.1, 0.15) is 36.5 Å². The number of benzene rings is 1. The van der Waals surface area contributed by atoms with Crippen molar-refractivity contribution in [2.45, 2.75) is 26.2 Å². The average Bonchev–Trinajstić information content (AvgIpc) is 2.51. The molecule has 1 fully saturated rings. The number of hydrogen-bond donors (Lipinski definition) is 2. The molecule has 1 aliphatic rings. The maximum Gasteiger partial charge on any atom is 0.251 e. The molecule has 1 aromatic rings. The summed E-state index contributed by atoms with van der Waals surface area (Å²) in [5.41, 5.74) is 1.81. The van der Waals surface area contributed by atoms with Crippen molar-refractivity contribution >= 4 is 11.6 Å². The number of hydrogen-bond acceptors (Lipinski definition) is 3. The summed E-state index contributed by atoms with van der Waals surface area (Å²) in [7, 11) is 2.15. The van der Waals surface area contributed by atoms with Crippen molar-refractivity contribution in [3.05, 3.63) is 29.8 Å². The Morgan fingerprint density at radius 3 is 2.76 bits per heavy atom. The maximum absolute atomic E-state index is 12.1. The van der Waals surface area contributed by atoms with Crippen LogP contribution in [0.2, 0.25) is 0 Å². The van der Waals surface area contributed by atoms with Crippen LogP contribution in [-0.4, -0.2) is 44.0 Å². The molecule has 1 atom stereocenters.